The van der Waals surface area contributed by atoms with Crippen LogP contribution < -0.4 is 0 Å². The smallest absolute Gasteiger partial charge is 0.176 e. The summed E-state index contributed by atoms with van der Waals surface area (Å²) in [6.07, 6.45) is 23.4. The lowest BCUT2D eigenvalue weighted by Gasteiger charge is -2.42. The van der Waals surface area contributed by atoms with E-state index in [-0.39, 0.29) is 0 Å². The highest BCUT2D eigenvalue weighted by Crippen LogP contribution is 2.39. The second-order valence-electron chi connectivity index (χ2n) is 9.88. The first-order valence-corrected chi connectivity index (χ1v) is 17.5. The van der Waals surface area contributed by atoms with Gasteiger partial charge in [0.2, 0.25) is 0 Å². The van der Waals surface area contributed by atoms with Crippen molar-refractivity contribution in [1.82, 2.24) is 0 Å². The van der Waals surface area contributed by atoms with Crippen LogP contribution in [0.2, 0.25) is 37.3 Å². The van der Waals surface area contributed by atoms with Crippen molar-refractivity contribution in [2.24, 2.45) is 0 Å². The Kier molecular flexibility index (Phi) is 9.79. The molecule has 0 radical (unpaired) electrons. The van der Waals surface area contributed by atoms with Crippen molar-refractivity contribution in [2.45, 2.75) is 140 Å². The van der Waals surface area contributed by atoms with Gasteiger partial charge in [-0.25, -0.2) is 0 Å². The predicted octanol–water partition coefficient (Wildman–Crippen LogP) is 8.42. The van der Waals surface area contributed by atoms with E-state index in [1.807, 2.05) is 0 Å². The Balaban J connectivity index is 1.96. The summed E-state index contributed by atoms with van der Waals surface area (Å²) in [6.45, 7) is 7.77. The van der Waals surface area contributed by atoms with Crippen LogP contribution in [0.15, 0.2) is 0 Å². The minimum Gasteiger partial charge on any atom is -0.455 e. The lowest BCUT2D eigenvalue weighted by atomic mass is 10.0. The van der Waals surface area contributed by atoms with Gasteiger partial charge in [0, 0.05) is 0 Å². The summed E-state index contributed by atoms with van der Waals surface area (Å²) in [5.41, 5.74) is 0.922. The fourth-order valence-corrected chi connectivity index (χ4v) is 15.9. The third-order valence-corrected chi connectivity index (χ3v) is 16.5. The number of hydrogen-bond donors (Lipinski definition) is 0. The molecule has 2 fully saturated rings. The molecule has 148 valence electrons. The van der Waals surface area contributed by atoms with Crippen LogP contribution in [0, 0.1) is 0 Å². The highest BCUT2D eigenvalue weighted by Gasteiger charge is 2.40. The fourth-order valence-electron chi connectivity index (χ4n) is 5.33. The summed E-state index contributed by atoms with van der Waals surface area (Å²) in [5, 5.41) is 0. The summed E-state index contributed by atoms with van der Waals surface area (Å²) in [7, 11) is -3.04. The minimum absolute atomic E-state index is 0.922. The average Bonchev–Trinajstić information content (AvgIpc) is 2.58. The normalized spacial score (nSPS) is 26.0. The van der Waals surface area contributed by atoms with Crippen molar-refractivity contribution < 1.29 is 4.12 Å². The highest BCUT2D eigenvalue weighted by molar-refractivity contribution is 6.86. The Morgan fingerprint density at radius 3 is 1.40 bits per heavy atom. The Labute approximate surface area is 161 Å². The van der Waals surface area contributed by atoms with Crippen LogP contribution >= 0.6 is 0 Å². The third-order valence-electron chi connectivity index (χ3n) is 7.01. The third kappa shape index (κ3) is 8.30. The first-order valence-electron chi connectivity index (χ1n) is 11.7. The number of hydrogen-bond acceptors (Lipinski definition) is 1. The molecule has 1 saturated heterocycles. The molecular weight excluding hydrogens is 336 g/mol. The second-order valence-corrected chi connectivity index (χ2v) is 18.6. The van der Waals surface area contributed by atoms with E-state index in [2.05, 4.69) is 19.6 Å². The molecule has 2 aliphatic rings. The van der Waals surface area contributed by atoms with Crippen LogP contribution in [0.1, 0.15) is 103 Å². The largest absolute Gasteiger partial charge is 0.455 e. The molecule has 25 heavy (non-hydrogen) atoms. The van der Waals surface area contributed by atoms with Gasteiger partial charge >= 0.3 is 0 Å². The minimum atomic E-state index is -1.56. The summed E-state index contributed by atoms with van der Waals surface area (Å²) in [4.78, 5) is 0. The van der Waals surface area contributed by atoms with Gasteiger partial charge in [-0.3, -0.25) is 0 Å². The van der Waals surface area contributed by atoms with E-state index in [9.17, 15) is 0 Å². The molecule has 0 atom stereocenters. The van der Waals surface area contributed by atoms with E-state index in [0.717, 1.165) is 5.54 Å². The lowest BCUT2D eigenvalue weighted by molar-refractivity contribution is 0.441. The zero-order valence-electron chi connectivity index (χ0n) is 17.7. The van der Waals surface area contributed by atoms with Gasteiger partial charge in [0.05, 0.1) is 0 Å². The molecule has 1 nitrogen and oxygen atoms in total. The first-order chi connectivity index (χ1) is 12.0. The summed E-state index contributed by atoms with van der Waals surface area (Å²) < 4.78 is 7.28. The van der Waals surface area contributed by atoms with Gasteiger partial charge in [-0.05, 0) is 37.3 Å². The van der Waals surface area contributed by atoms with Crippen LogP contribution in [0.3, 0.4) is 0 Å². The predicted molar refractivity (Wildman–Crippen MR) is 117 cm³/mol. The van der Waals surface area contributed by atoms with Crippen LogP contribution in [0.4, 0.5) is 0 Å². The van der Waals surface area contributed by atoms with Gasteiger partial charge in [-0.2, -0.15) is 0 Å². The molecule has 1 aliphatic carbocycles. The second kappa shape index (κ2) is 11.3. The lowest BCUT2D eigenvalue weighted by Crippen LogP contribution is -2.49. The Morgan fingerprint density at radius 1 is 0.600 bits per heavy atom. The molecule has 1 saturated carbocycles. The molecule has 1 aliphatic heterocycles. The van der Waals surface area contributed by atoms with E-state index in [1.165, 1.54) is 115 Å². The van der Waals surface area contributed by atoms with E-state index in [1.54, 1.807) is 0 Å². The molecular formula is C22H46OSi2. The van der Waals surface area contributed by atoms with Crippen LogP contribution in [-0.4, -0.2) is 16.6 Å². The van der Waals surface area contributed by atoms with Gasteiger partial charge < -0.3 is 4.12 Å². The van der Waals surface area contributed by atoms with Crippen molar-refractivity contribution in [2.75, 3.05) is 0 Å². The van der Waals surface area contributed by atoms with Crippen molar-refractivity contribution in [1.29, 1.82) is 0 Å². The summed E-state index contributed by atoms with van der Waals surface area (Å²) in [6, 6.07) is 2.88. The first kappa shape index (κ1) is 21.7. The van der Waals surface area contributed by atoms with Crippen LogP contribution in [-0.2, 0) is 4.12 Å². The summed E-state index contributed by atoms with van der Waals surface area (Å²) in [5.74, 6) is 0. The Morgan fingerprint density at radius 2 is 0.960 bits per heavy atom. The van der Waals surface area contributed by atoms with Gasteiger partial charge in [0.15, 0.2) is 16.6 Å². The van der Waals surface area contributed by atoms with E-state index in [4.69, 9.17) is 4.12 Å². The standard InChI is InChI=1S/C22H46OSi2/c1-24(2,22-18-14-10-6-4-7-11-15-19-22)23-25(3)20-16-12-8-5-9-13-17-21-25/h22H,4-21H2,1-3H3. The van der Waals surface area contributed by atoms with E-state index >= 15 is 0 Å². The van der Waals surface area contributed by atoms with Gasteiger partial charge in [0.1, 0.15) is 0 Å². The highest BCUT2D eigenvalue weighted by atomic mass is 28.4. The Bertz CT molecular complexity index is 336. The molecule has 0 N–H and O–H groups in total. The average molecular weight is 383 g/mol. The molecule has 0 aromatic carbocycles. The molecule has 0 aromatic rings. The Hall–Kier alpha value is 0.394. The molecule has 0 aromatic heterocycles. The SMILES string of the molecule is C[Si]1(O[Si](C)(C)C2CCCCCCCCC2)CCCCCCCCC1. The van der Waals surface area contributed by atoms with Crippen LogP contribution in [0.25, 0.3) is 0 Å². The maximum Gasteiger partial charge on any atom is 0.176 e. The van der Waals surface area contributed by atoms with Crippen molar-refractivity contribution in [3.63, 3.8) is 0 Å². The fraction of sp³-hybridized carbons (Fsp3) is 1.00. The summed E-state index contributed by atoms with van der Waals surface area (Å²) >= 11 is 0. The zero-order chi connectivity index (χ0) is 18.0. The zero-order valence-corrected chi connectivity index (χ0v) is 19.7. The molecule has 0 bridgehead atoms. The van der Waals surface area contributed by atoms with Crippen molar-refractivity contribution in [3.05, 3.63) is 0 Å². The molecule has 0 unspecified atom stereocenters. The maximum atomic E-state index is 7.28. The maximum absolute atomic E-state index is 7.28. The molecule has 0 spiro atoms. The van der Waals surface area contributed by atoms with E-state index < -0.39 is 16.6 Å². The van der Waals surface area contributed by atoms with Crippen LogP contribution in [0.5, 0.6) is 0 Å². The molecule has 3 heteroatoms. The number of rotatable bonds is 3. The van der Waals surface area contributed by atoms with E-state index in [0.29, 0.717) is 0 Å². The van der Waals surface area contributed by atoms with Gasteiger partial charge in [-0.15, -0.1) is 0 Å². The molecule has 2 rings (SSSR count). The van der Waals surface area contributed by atoms with Crippen molar-refractivity contribution >= 4 is 16.6 Å². The quantitative estimate of drug-likeness (QED) is 0.445. The van der Waals surface area contributed by atoms with Crippen molar-refractivity contribution in [3.8, 4) is 0 Å². The van der Waals surface area contributed by atoms with Gasteiger partial charge in [-0.1, -0.05) is 103 Å². The monoisotopic (exact) mass is 382 g/mol. The molecule has 1 heterocycles. The topological polar surface area (TPSA) is 9.23 Å². The molecule has 0 amide bonds. The van der Waals surface area contributed by atoms with Gasteiger partial charge in [0.25, 0.3) is 0 Å².